The second-order valence-electron chi connectivity index (χ2n) is 6.68. The number of alkyl halides is 3. The van der Waals surface area contributed by atoms with Gasteiger partial charge < -0.3 is 5.32 Å². The number of carbonyl (C=O) groups excluding carboxylic acids is 1. The number of rotatable bonds is 6. The first kappa shape index (κ1) is 22.4. The highest BCUT2D eigenvalue weighted by Crippen LogP contribution is 2.31. The number of amides is 1. The van der Waals surface area contributed by atoms with Gasteiger partial charge in [-0.25, -0.2) is 8.42 Å². The molecule has 0 unspecified atom stereocenters. The molecule has 1 amide bonds. The Morgan fingerprint density at radius 2 is 1.61 bits per heavy atom. The van der Waals surface area contributed by atoms with Crippen LogP contribution in [-0.4, -0.2) is 14.3 Å². The van der Waals surface area contributed by atoms with Gasteiger partial charge in [-0.3, -0.25) is 9.52 Å². The minimum atomic E-state index is -4.59. The minimum absolute atomic E-state index is 0.0786. The highest BCUT2D eigenvalue weighted by Gasteiger charge is 2.31. The third kappa shape index (κ3) is 5.43. The molecule has 0 bridgehead atoms. The number of hydrogen-bond acceptors (Lipinski definition) is 3. The van der Waals surface area contributed by atoms with Gasteiger partial charge in [0.2, 0.25) is 0 Å². The van der Waals surface area contributed by atoms with E-state index in [9.17, 15) is 26.4 Å². The number of carbonyl (C=O) groups is 1. The highest BCUT2D eigenvalue weighted by atomic mass is 32.2. The quantitative estimate of drug-likeness (QED) is 0.536. The van der Waals surface area contributed by atoms with E-state index in [1.54, 1.807) is 37.3 Å². The van der Waals surface area contributed by atoms with Gasteiger partial charge in [0.1, 0.15) is 0 Å². The van der Waals surface area contributed by atoms with Crippen molar-refractivity contribution < 1.29 is 26.4 Å². The molecule has 9 heteroatoms. The Morgan fingerprint density at radius 3 is 2.26 bits per heavy atom. The normalized spacial score (nSPS) is 11.7. The summed E-state index contributed by atoms with van der Waals surface area (Å²) in [4.78, 5) is 12.2. The summed E-state index contributed by atoms with van der Waals surface area (Å²) < 4.78 is 66.5. The van der Waals surface area contributed by atoms with E-state index < -0.39 is 21.8 Å². The number of benzene rings is 3. The summed E-state index contributed by atoms with van der Waals surface area (Å²) >= 11 is 0. The number of sulfonamides is 1. The van der Waals surface area contributed by atoms with Crippen molar-refractivity contribution >= 4 is 27.3 Å². The van der Waals surface area contributed by atoms with Crippen molar-refractivity contribution in [2.45, 2.75) is 24.4 Å². The average molecular weight is 448 g/mol. The summed E-state index contributed by atoms with van der Waals surface area (Å²) in [5.41, 5.74) is 0.109. The van der Waals surface area contributed by atoms with Crippen LogP contribution in [0.5, 0.6) is 0 Å². The van der Waals surface area contributed by atoms with E-state index in [4.69, 9.17) is 0 Å². The predicted octanol–water partition coefficient (Wildman–Crippen LogP) is 5.32. The Balaban J connectivity index is 1.86. The molecule has 0 saturated carbocycles. The lowest BCUT2D eigenvalue weighted by Crippen LogP contribution is -2.17. The Bertz CT molecular complexity index is 1190. The molecule has 3 aromatic carbocycles. The fourth-order valence-electron chi connectivity index (χ4n) is 2.96. The molecule has 2 N–H and O–H groups in total. The first-order valence-corrected chi connectivity index (χ1v) is 10.8. The summed E-state index contributed by atoms with van der Waals surface area (Å²) in [5.74, 6) is -0.347. The third-order valence-electron chi connectivity index (χ3n) is 4.47. The summed E-state index contributed by atoms with van der Waals surface area (Å²) in [5, 5.41) is 2.71. The van der Waals surface area contributed by atoms with Crippen LogP contribution in [0.25, 0.3) is 0 Å². The second kappa shape index (κ2) is 8.81. The molecular weight excluding hydrogens is 429 g/mol. The van der Waals surface area contributed by atoms with Crippen molar-refractivity contribution in [2.75, 3.05) is 10.0 Å². The molecule has 0 heterocycles. The fraction of sp³-hybridized carbons (Fsp3) is 0.136. The van der Waals surface area contributed by atoms with Crippen molar-refractivity contribution in [3.05, 3.63) is 89.5 Å². The SMILES string of the molecule is CCc1cc(NC(=O)c2ccccc2)ccc1S(=O)(=O)Nc1cccc(C(F)(F)F)c1. The van der Waals surface area contributed by atoms with E-state index in [0.29, 0.717) is 23.2 Å². The third-order valence-corrected chi connectivity index (χ3v) is 5.95. The van der Waals surface area contributed by atoms with E-state index in [2.05, 4.69) is 10.0 Å². The van der Waals surface area contributed by atoms with Gasteiger partial charge in [0.05, 0.1) is 10.5 Å². The Kier molecular flexibility index (Phi) is 6.35. The van der Waals surface area contributed by atoms with Gasteiger partial charge in [0.15, 0.2) is 0 Å². The number of anilines is 2. The number of halogens is 3. The van der Waals surface area contributed by atoms with E-state index in [0.717, 1.165) is 18.2 Å². The molecule has 0 aromatic heterocycles. The van der Waals surface area contributed by atoms with Crippen LogP contribution >= 0.6 is 0 Å². The zero-order chi connectivity index (χ0) is 22.6. The molecule has 3 rings (SSSR count). The lowest BCUT2D eigenvalue weighted by Gasteiger charge is -2.15. The Hall–Kier alpha value is -3.33. The molecule has 0 radical (unpaired) electrons. The van der Waals surface area contributed by atoms with Gasteiger partial charge >= 0.3 is 6.18 Å². The number of aryl methyl sites for hydroxylation is 1. The van der Waals surface area contributed by atoms with Gasteiger partial charge in [0, 0.05) is 16.9 Å². The Morgan fingerprint density at radius 1 is 0.903 bits per heavy atom. The largest absolute Gasteiger partial charge is 0.416 e. The van der Waals surface area contributed by atoms with E-state index in [1.807, 2.05) is 0 Å². The van der Waals surface area contributed by atoms with Crippen LogP contribution in [0, 0.1) is 0 Å². The standard InChI is InChI=1S/C22H19F3N2O3S/c1-2-15-13-18(26-21(28)16-7-4-3-5-8-16)11-12-20(15)31(29,30)27-19-10-6-9-17(14-19)22(23,24)25/h3-14,27H,2H2,1H3,(H,26,28). The van der Waals surface area contributed by atoms with Crippen LogP contribution in [0.1, 0.15) is 28.4 Å². The highest BCUT2D eigenvalue weighted by molar-refractivity contribution is 7.92. The second-order valence-corrected chi connectivity index (χ2v) is 8.33. The van der Waals surface area contributed by atoms with Crippen molar-refractivity contribution in [1.29, 1.82) is 0 Å². The zero-order valence-electron chi connectivity index (χ0n) is 16.4. The van der Waals surface area contributed by atoms with Crippen molar-refractivity contribution in [3.8, 4) is 0 Å². The van der Waals surface area contributed by atoms with Crippen LogP contribution in [0.15, 0.2) is 77.7 Å². The first-order chi connectivity index (χ1) is 14.6. The smallest absolute Gasteiger partial charge is 0.322 e. The molecule has 0 saturated heterocycles. The maximum atomic E-state index is 12.9. The van der Waals surface area contributed by atoms with Gasteiger partial charge in [0.25, 0.3) is 15.9 Å². The maximum absolute atomic E-state index is 12.9. The van der Waals surface area contributed by atoms with Crippen LogP contribution in [0.4, 0.5) is 24.5 Å². The van der Waals surface area contributed by atoms with Crippen LogP contribution in [-0.2, 0) is 22.6 Å². The van der Waals surface area contributed by atoms with Crippen LogP contribution in [0.3, 0.4) is 0 Å². The van der Waals surface area contributed by atoms with Gasteiger partial charge in [-0.2, -0.15) is 13.2 Å². The van der Waals surface area contributed by atoms with Gasteiger partial charge in [-0.05, 0) is 60.5 Å². The van der Waals surface area contributed by atoms with Crippen molar-refractivity contribution in [1.82, 2.24) is 0 Å². The summed E-state index contributed by atoms with van der Waals surface area (Å²) in [7, 11) is -4.15. The first-order valence-electron chi connectivity index (χ1n) is 9.29. The van der Waals surface area contributed by atoms with Crippen molar-refractivity contribution in [3.63, 3.8) is 0 Å². The summed E-state index contributed by atoms with van der Waals surface area (Å²) in [6, 6.07) is 16.8. The molecule has 5 nitrogen and oxygen atoms in total. The van der Waals surface area contributed by atoms with Crippen LogP contribution < -0.4 is 10.0 Å². The molecule has 0 spiro atoms. The molecule has 0 aliphatic heterocycles. The number of nitrogens with one attached hydrogen (secondary N) is 2. The summed E-state index contributed by atoms with van der Waals surface area (Å²) in [6.45, 7) is 1.74. The monoisotopic (exact) mass is 448 g/mol. The van der Waals surface area contributed by atoms with Crippen molar-refractivity contribution in [2.24, 2.45) is 0 Å². The lowest BCUT2D eigenvalue weighted by molar-refractivity contribution is -0.137. The van der Waals surface area contributed by atoms with E-state index in [1.165, 1.54) is 24.3 Å². The molecule has 3 aromatic rings. The molecular formula is C22H19F3N2O3S. The molecule has 0 aliphatic rings. The molecule has 31 heavy (non-hydrogen) atoms. The lowest BCUT2D eigenvalue weighted by atomic mass is 10.1. The van der Waals surface area contributed by atoms with E-state index >= 15 is 0 Å². The number of hydrogen-bond donors (Lipinski definition) is 2. The molecule has 162 valence electrons. The fourth-order valence-corrected chi connectivity index (χ4v) is 4.30. The zero-order valence-corrected chi connectivity index (χ0v) is 17.2. The predicted molar refractivity (Wildman–Crippen MR) is 112 cm³/mol. The maximum Gasteiger partial charge on any atom is 0.416 e. The van der Waals surface area contributed by atoms with E-state index in [-0.39, 0.29) is 16.5 Å². The average Bonchev–Trinajstić information content (AvgIpc) is 2.73. The minimum Gasteiger partial charge on any atom is -0.322 e. The van der Waals surface area contributed by atoms with Crippen LogP contribution in [0.2, 0.25) is 0 Å². The summed E-state index contributed by atoms with van der Waals surface area (Å²) in [6.07, 6.45) is -4.26. The molecule has 0 atom stereocenters. The Labute approximate surface area is 178 Å². The topological polar surface area (TPSA) is 75.3 Å². The molecule has 0 fully saturated rings. The van der Waals surface area contributed by atoms with Gasteiger partial charge in [-0.15, -0.1) is 0 Å². The van der Waals surface area contributed by atoms with Gasteiger partial charge in [-0.1, -0.05) is 31.2 Å². The molecule has 0 aliphatic carbocycles.